The van der Waals surface area contributed by atoms with Gasteiger partial charge in [-0.15, -0.1) is 0 Å². The van der Waals surface area contributed by atoms with Gasteiger partial charge in [0.25, 0.3) is 0 Å². The minimum atomic E-state index is -0.509. The molecular formula is C16H11NO4. The molecule has 2 N–H and O–H groups in total. The van der Waals surface area contributed by atoms with Crippen molar-refractivity contribution in [2.75, 3.05) is 0 Å². The van der Waals surface area contributed by atoms with Gasteiger partial charge in [-0.3, -0.25) is 4.99 Å². The molecule has 1 aromatic heterocycles. The third-order valence-corrected chi connectivity index (χ3v) is 3.02. The van der Waals surface area contributed by atoms with Gasteiger partial charge in [-0.25, -0.2) is 4.79 Å². The van der Waals surface area contributed by atoms with Crippen molar-refractivity contribution in [3.05, 3.63) is 64.5 Å². The van der Waals surface area contributed by atoms with Crippen LogP contribution in [0.15, 0.2) is 62.7 Å². The largest absolute Gasteiger partial charge is 0.507 e. The van der Waals surface area contributed by atoms with Crippen molar-refractivity contribution in [1.29, 1.82) is 0 Å². The second kappa shape index (κ2) is 5.13. The van der Waals surface area contributed by atoms with E-state index < -0.39 is 5.63 Å². The van der Waals surface area contributed by atoms with Crippen LogP contribution in [0.3, 0.4) is 0 Å². The molecule has 0 aliphatic carbocycles. The summed E-state index contributed by atoms with van der Waals surface area (Å²) in [7, 11) is 0. The van der Waals surface area contributed by atoms with Gasteiger partial charge in [0.1, 0.15) is 17.2 Å². The summed E-state index contributed by atoms with van der Waals surface area (Å²) in [5, 5.41) is 20.3. The zero-order valence-corrected chi connectivity index (χ0v) is 10.9. The summed E-state index contributed by atoms with van der Waals surface area (Å²) in [6, 6.07) is 12.6. The first-order valence-corrected chi connectivity index (χ1v) is 6.23. The summed E-state index contributed by atoms with van der Waals surface area (Å²) in [5.41, 5.74) is 0.382. The van der Waals surface area contributed by atoms with Gasteiger partial charge in [0, 0.05) is 17.7 Å². The molecule has 1 heterocycles. The second-order valence-corrected chi connectivity index (χ2v) is 4.42. The van der Waals surface area contributed by atoms with Gasteiger partial charge >= 0.3 is 5.63 Å². The Morgan fingerprint density at radius 3 is 2.52 bits per heavy atom. The third kappa shape index (κ3) is 2.49. The molecule has 0 unspecified atom stereocenters. The third-order valence-electron chi connectivity index (χ3n) is 3.02. The maximum Gasteiger partial charge on any atom is 0.336 e. The van der Waals surface area contributed by atoms with Crippen molar-refractivity contribution in [3.8, 4) is 11.5 Å². The Morgan fingerprint density at radius 2 is 1.71 bits per heavy atom. The Balaban J connectivity index is 2.16. The van der Waals surface area contributed by atoms with Gasteiger partial charge in [-0.05, 0) is 30.3 Å². The number of benzene rings is 2. The Hall–Kier alpha value is -3.08. The van der Waals surface area contributed by atoms with Gasteiger partial charge in [0.05, 0.1) is 5.56 Å². The summed E-state index contributed by atoms with van der Waals surface area (Å²) in [6.07, 6.45) is 1.36. The van der Waals surface area contributed by atoms with Gasteiger partial charge in [0.15, 0.2) is 5.58 Å². The van der Waals surface area contributed by atoms with Crippen molar-refractivity contribution < 1.29 is 14.6 Å². The summed E-state index contributed by atoms with van der Waals surface area (Å²) >= 11 is 0. The predicted octanol–water partition coefficient (Wildman–Crippen LogP) is 2.95. The lowest BCUT2D eigenvalue weighted by molar-refractivity contribution is 0.471. The van der Waals surface area contributed by atoms with Crippen LogP contribution >= 0.6 is 0 Å². The minimum absolute atomic E-state index is 0.0231. The molecule has 0 bridgehead atoms. The molecule has 3 rings (SSSR count). The highest BCUT2D eigenvalue weighted by atomic mass is 16.4. The van der Waals surface area contributed by atoms with Crippen LogP contribution in [0.4, 0.5) is 5.69 Å². The molecule has 0 spiro atoms. The van der Waals surface area contributed by atoms with E-state index in [-0.39, 0.29) is 22.6 Å². The molecular weight excluding hydrogens is 270 g/mol. The lowest BCUT2D eigenvalue weighted by Crippen LogP contribution is -1.97. The zero-order chi connectivity index (χ0) is 14.8. The number of rotatable bonds is 2. The highest BCUT2D eigenvalue weighted by Gasteiger charge is 2.08. The van der Waals surface area contributed by atoms with Gasteiger partial charge in [-0.1, -0.05) is 12.1 Å². The Labute approximate surface area is 119 Å². The summed E-state index contributed by atoms with van der Waals surface area (Å²) in [6.45, 7) is 0. The van der Waals surface area contributed by atoms with Crippen molar-refractivity contribution >= 4 is 22.9 Å². The van der Waals surface area contributed by atoms with Crippen molar-refractivity contribution in [2.24, 2.45) is 4.99 Å². The van der Waals surface area contributed by atoms with Gasteiger partial charge in [-0.2, -0.15) is 0 Å². The van der Waals surface area contributed by atoms with Gasteiger partial charge < -0.3 is 14.6 Å². The van der Waals surface area contributed by atoms with Crippen LogP contribution in [0.1, 0.15) is 5.56 Å². The van der Waals surface area contributed by atoms with Crippen molar-refractivity contribution in [1.82, 2.24) is 0 Å². The smallest absolute Gasteiger partial charge is 0.336 e. The maximum absolute atomic E-state index is 11.3. The number of aromatic hydroxyl groups is 2. The van der Waals surface area contributed by atoms with Crippen LogP contribution in [-0.2, 0) is 0 Å². The Kier molecular flexibility index (Phi) is 3.16. The van der Waals surface area contributed by atoms with Crippen LogP contribution in [0.5, 0.6) is 11.5 Å². The average molecular weight is 281 g/mol. The van der Waals surface area contributed by atoms with E-state index in [1.807, 2.05) is 0 Å². The molecule has 0 aliphatic heterocycles. The molecule has 0 saturated heterocycles. The van der Waals surface area contributed by atoms with E-state index in [0.717, 1.165) is 0 Å². The van der Waals surface area contributed by atoms with E-state index in [1.54, 1.807) is 30.3 Å². The zero-order valence-electron chi connectivity index (χ0n) is 10.9. The molecule has 0 radical (unpaired) electrons. The van der Waals surface area contributed by atoms with Crippen molar-refractivity contribution in [3.63, 3.8) is 0 Å². The maximum atomic E-state index is 11.3. The number of para-hydroxylation sites is 2. The van der Waals surface area contributed by atoms with E-state index in [1.165, 1.54) is 24.4 Å². The molecule has 104 valence electrons. The monoisotopic (exact) mass is 281 g/mol. The first-order valence-electron chi connectivity index (χ1n) is 6.23. The number of nitrogens with zero attached hydrogens (tertiary/aromatic N) is 1. The molecule has 5 nitrogen and oxygen atoms in total. The molecule has 0 saturated carbocycles. The summed E-state index contributed by atoms with van der Waals surface area (Å²) < 4.78 is 5.12. The van der Waals surface area contributed by atoms with E-state index in [2.05, 4.69) is 4.99 Å². The van der Waals surface area contributed by atoms with E-state index >= 15 is 0 Å². The molecule has 21 heavy (non-hydrogen) atoms. The molecule has 5 heteroatoms. The first-order chi connectivity index (χ1) is 10.1. The quantitative estimate of drug-likeness (QED) is 0.559. The van der Waals surface area contributed by atoms with Gasteiger partial charge in [0.2, 0.25) is 0 Å². The predicted molar refractivity (Wildman–Crippen MR) is 79.5 cm³/mol. The topological polar surface area (TPSA) is 83.0 Å². The van der Waals surface area contributed by atoms with E-state index in [9.17, 15) is 15.0 Å². The molecule has 0 fully saturated rings. The minimum Gasteiger partial charge on any atom is -0.507 e. The average Bonchev–Trinajstić information content (AvgIpc) is 2.48. The van der Waals surface area contributed by atoms with Crippen LogP contribution in [0.25, 0.3) is 11.0 Å². The number of hydrogen-bond acceptors (Lipinski definition) is 5. The number of hydrogen-bond donors (Lipinski definition) is 2. The summed E-state index contributed by atoms with van der Waals surface area (Å²) in [4.78, 5) is 15.5. The van der Waals surface area contributed by atoms with Crippen molar-refractivity contribution in [2.45, 2.75) is 0 Å². The fourth-order valence-electron chi connectivity index (χ4n) is 1.98. The Morgan fingerprint density at radius 1 is 0.952 bits per heavy atom. The number of phenolic OH excluding ortho intramolecular Hbond substituents is 2. The SMILES string of the molecule is O=c1ccc2ccc(O)c(C=Nc3ccccc3O)c2o1. The van der Waals surface area contributed by atoms with Crippen LogP contribution in [0.2, 0.25) is 0 Å². The van der Waals surface area contributed by atoms with Crippen LogP contribution in [-0.4, -0.2) is 16.4 Å². The van der Waals surface area contributed by atoms with E-state index in [4.69, 9.17) is 4.42 Å². The number of fused-ring (bicyclic) bond motifs is 1. The first kappa shape index (κ1) is 12.9. The molecule has 0 aliphatic rings. The lowest BCUT2D eigenvalue weighted by Gasteiger charge is -2.03. The molecule has 0 atom stereocenters. The van der Waals surface area contributed by atoms with E-state index in [0.29, 0.717) is 11.1 Å². The molecule has 3 aromatic rings. The fraction of sp³-hybridized carbons (Fsp3) is 0. The molecule has 0 amide bonds. The molecule has 2 aromatic carbocycles. The normalized spacial score (nSPS) is 11.2. The Bertz CT molecular complexity index is 896. The number of phenols is 2. The second-order valence-electron chi connectivity index (χ2n) is 4.42. The number of aliphatic imine (C=N–C) groups is 1. The van der Waals surface area contributed by atoms with Crippen LogP contribution in [0, 0.1) is 0 Å². The highest BCUT2D eigenvalue weighted by Crippen LogP contribution is 2.28. The highest BCUT2D eigenvalue weighted by molar-refractivity contribution is 6.00. The summed E-state index contributed by atoms with van der Waals surface area (Å²) in [5.74, 6) is -0.0362. The van der Waals surface area contributed by atoms with Crippen LogP contribution < -0.4 is 5.63 Å². The lowest BCUT2D eigenvalue weighted by atomic mass is 10.1. The standard InChI is InChI=1S/C16H11NO4/c18-13-7-5-10-6-8-15(20)21-16(10)11(13)9-17-12-3-1-2-4-14(12)19/h1-9,18-19H. The fourth-order valence-corrected chi connectivity index (χ4v) is 1.98.